The summed E-state index contributed by atoms with van der Waals surface area (Å²) in [6.07, 6.45) is 3.08. The lowest BCUT2D eigenvalue weighted by Crippen LogP contribution is -2.27. The van der Waals surface area contributed by atoms with Crippen molar-refractivity contribution in [3.63, 3.8) is 0 Å². The van der Waals surface area contributed by atoms with Gasteiger partial charge < -0.3 is 9.53 Å². The number of Topliss-reactive ketones (excluding diaryl/α,β-unsaturated/α-hetero) is 1. The van der Waals surface area contributed by atoms with E-state index in [1.807, 2.05) is 20.8 Å². The maximum absolute atomic E-state index is 11.7. The Hall–Kier alpha value is -1.65. The molecule has 5 heteroatoms. The molecule has 0 atom stereocenters. The quantitative estimate of drug-likeness (QED) is 0.826. The van der Waals surface area contributed by atoms with Crippen LogP contribution in [0.3, 0.4) is 0 Å². The lowest BCUT2D eigenvalue weighted by Gasteiger charge is -2.18. The van der Waals surface area contributed by atoms with Gasteiger partial charge in [-0.25, -0.2) is 4.79 Å². The summed E-state index contributed by atoms with van der Waals surface area (Å²) in [4.78, 5) is 22.5. The number of nitrogens with zero attached hydrogens (tertiary/aromatic N) is 2. The van der Waals surface area contributed by atoms with Crippen molar-refractivity contribution in [3.05, 3.63) is 18.0 Å². The topological polar surface area (TPSA) is 61.2 Å². The molecule has 0 bridgehead atoms. The third kappa shape index (κ3) is 5.12. The molecular weight excluding hydrogens is 232 g/mol. The van der Waals surface area contributed by atoms with Gasteiger partial charge in [-0.3, -0.25) is 0 Å². The predicted molar refractivity (Wildman–Crippen MR) is 67.5 cm³/mol. The van der Waals surface area contributed by atoms with Crippen molar-refractivity contribution in [3.8, 4) is 0 Å². The first-order valence-corrected chi connectivity index (χ1v) is 6.05. The summed E-state index contributed by atoms with van der Waals surface area (Å²) in [5, 5.41) is 4.12. The molecule has 0 N–H and O–H groups in total. The zero-order chi connectivity index (χ0) is 13.8. The third-order valence-corrected chi connectivity index (χ3v) is 2.19. The van der Waals surface area contributed by atoms with Gasteiger partial charge in [0.1, 0.15) is 11.4 Å². The molecule has 100 valence electrons. The van der Waals surface area contributed by atoms with E-state index in [2.05, 4.69) is 5.10 Å². The van der Waals surface area contributed by atoms with Crippen LogP contribution in [0, 0.1) is 0 Å². The van der Waals surface area contributed by atoms with Crippen molar-refractivity contribution in [2.75, 3.05) is 0 Å². The number of hydrogen-bond acceptors (Lipinski definition) is 4. The number of carbonyl (C=O) groups is 2. The lowest BCUT2D eigenvalue weighted by molar-refractivity contribution is -0.117. The zero-order valence-electron chi connectivity index (χ0n) is 11.4. The van der Waals surface area contributed by atoms with E-state index >= 15 is 0 Å². The van der Waals surface area contributed by atoms with E-state index < -0.39 is 11.7 Å². The fraction of sp³-hybridized carbons (Fsp3) is 0.615. The highest BCUT2D eigenvalue weighted by molar-refractivity contribution is 5.75. The monoisotopic (exact) mass is 252 g/mol. The van der Waals surface area contributed by atoms with Gasteiger partial charge in [0.15, 0.2) is 0 Å². The normalized spacial score (nSPS) is 11.3. The fourth-order valence-corrected chi connectivity index (χ4v) is 1.42. The van der Waals surface area contributed by atoms with Crippen LogP contribution in [0.15, 0.2) is 12.3 Å². The van der Waals surface area contributed by atoms with Crippen LogP contribution >= 0.6 is 0 Å². The molecule has 1 rings (SSSR count). The molecule has 1 aromatic heterocycles. The van der Waals surface area contributed by atoms with E-state index in [0.29, 0.717) is 12.8 Å². The SMILES string of the molecule is CC(=O)CCCc1ccn(C(=O)OC(C)(C)C)n1. The molecule has 1 aromatic rings. The Morgan fingerprint density at radius 3 is 2.61 bits per heavy atom. The summed E-state index contributed by atoms with van der Waals surface area (Å²) in [6.45, 7) is 6.99. The molecule has 0 aliphatic heterocycles. The first-order valence-electron chi connectivity index (χ1n) is 6.05. The van der Waals surface area contributed by atoms with Crippen LogP contribution in [0.25, 0.3) is 0 Å². The number of rotatable bonds is 4. The highest BCUT2D eigenvalue weighted by Crippen LogP contribution is 2.09. The van der Waals surface area contributed by atoms with Gasteiger partial charge in [-0.15, -0.1) is 0 Å². The van der Waals surface area contributed by atoms with Crippen molar-refractivity contribution >= 4 is 11.9 Å². The minimum Gasteiger partial charge on any atom is -0.442 e. The Kier molecular flexibility index (Phi) is 4.64. The Morgan fingerprint density at radius 1 is 1.39 bits per heavy atom. The van der Waals surface area contributed by atoms with Gasteiger partial charge in [-0.05, 0) is 46.6 Å². The van der Waals surface area contributed by atoms with Crippen LogP contribution in [0.2, 0.25) is 0 Å². The Morgan fingerprint density at radius 2 is 2.06 bits per heavy atom. The maximum Gasteiger partial charge on any atom is 0.435 e. The molecule has 0 amide bonds. The van der Waals surface area contributed by atoms with Crippen LogP contribution in [0.4, 0.5) is 4.79 Å². The van der Waals surface area contributed by atoms with Gasteiger partial charge in [0.05, 0.1) is 5.69 Å². The van der Waals surface area contributed by atoms with Gasteiger partial charge in [0.25, 0.3) is 0 Å². The highest BCUT2D eigenvalue weighted by atomic mass is 16.6. The second-order valence-electron chi connectivity index (χ2n) is 5.29. The summed E-state index contributed by atoms with van der Waals surface area (Å²) < 4.78 is 6.38. The second-order valence-corrected chi connectivity index (χ2v) is 5.29. The van der Waals surface area contributed by atoms with Crippen molar-refractivity contribution in [2.45, 2.75) is 52.6 Å². The van der Waals surface area contributed by atoms with Crippen LogP contribution in [0.1, 0.15) is 46.2 Å². The first kappa shape index (κ1) is 14.4. The second kappa shape index (κ2) is 5.80. The predicted octanol–water partition coefficient (Wildman–Crippen LogP) is 2.58. The largest absolute Gasteiger partial charge is 0.442 e. The maximum atomic E-state index is 11.7. The van der Waals surface area contributed by atoms with Crippen LogP contribution < -0.4 is 0 Å². The van der Waals surface area contributed by atoms with Crippen LogP contribution in [0.5, 0.6) is 0 Å². The third-order valence-electron chi connectivity index (χ3n) is 2.19. The smallest absolute Gasteiger partial charge is 0.435 e. The van der Waals surface area contributed by atoms with E-state index in [0.717, 1.165) is 12.1 Å². The van der Waals surface area contributed by atoms with Gasteiger partial charge in [-0.2, -0.15) is 9.78 Å². The number of ketones is 1. The molecule has 0 radical (unpaired) electrons. The molecule has 5 nitrogen and oxygen atoms in total. The number of aryl methyl sites for hydroxylation is 1. The van der Waals surface area contributed by atoms with E-state index in [-0.39, 0.29) is 5.78 Å². The standard InChI is InChI=1S/C13H20N2O3/c1-10(16)6-5-7-11-8-9-15(14-11)12(17)18-13(2,3)4/h8-9H,5-7H2,1-4H3. The molecule has 0 aliphatic carbocycles. The number of hydrogen-bond donors (Lipinski definition) is 0. The zero-order valence-corrected chi connectivity index (χ0v) is 11.4. The highest BCUT2D eigenvalue weighted by Gasteiger charge is 2.18. The molecule has 0 spiro atoms. The molecule has 0 fully saturated rings. The number of ether oxygens (including phenoxy) is 1. The van der Waals surface area contributed by atoms with Crippen molar-refractivity contribution in [1.29, 1.82) is 0 Å². The summed E-state index contributed by atoms with van der Waals surface area (Å²) in [5.41, 5.74) is 0.264. The van der Waals surface area contributed by atoms with Crippen molar-refractivity contribution in [1.82, 2.24) is 9.78 Å². The number of aromatic nitrogens is 2. The van der Waals surface area contributed by atoms with Gasteiger partial charge in [-0.1, -0.05) is 0 Å². The molecular formula is C13H20N2O3. The summed E-state index contributed by atoms with van der Waals surface area (Å²) in [7, 11) is 0. The first-order chi connectivity index (χ1) is 8.28. The molecule has 0 aliphatic rings. The Labute approximate surface area is 107 Å². The minimum absolute atomic E-state index is 0.168. The molecule has 1 heterocycles. The van der Waals surface area contributed by atoms with Crippen LogP contribution in [-0.2, 0) is 16.0 Å². The van der Waals surface area contributed by atoms with E-state index in [9.17, 15) is 9.59 Å². The minimum atomic E-state index is -0.530. The Balaban J connectivity index is 2.52. The van der Waals surface area contributed by atoms with Crippen molar-refractivity contribution in [2.24, 2.45) is 0 Å². The molecule has 18 heavy (non-hydrogen) atoms. The summed E-state index contributed by atoms with van der Waals surface area (Å²) >= 11 is 0. The van der Waals surface area contributed by atoms with E-state index in [1.165, 1.54) is 4.68 Å². The van der Waals surface area contributed by atoms with Crippen LogP contribution in [-0.4, -0.2) is 27.3 Å². The molecule has 0 unspecified atom stereocenters. The lowest BCUT2D eigenvalue weighted by atomic mass is 10.1. The Bertz CT molecular complexity index is 430. The van der Waals surface area contributed by atoms with E-state index in [4.69, 9.17) is 4.74 Å². The van der Waals surface area contributed by atoms with Gasteiger partial charge in [0, 0.05) is 12.6 Å². The van der Waals surface area contributed by atoms with Gasteiger partial charge in [0.2, 0.25) is 0 Å². The van der Waals surface area contributed by atoms with Gasteiger partial charge >= 0.3 is 6.09 Å². The fourth-order valence-electron chi connectivity index (χ4n) is 1.42. The average Bonchev–Trinajstić information content (AvgIpc) is 2.63. The molecule has 0 aromatic carbocycles. The number of carbonyl (C=O) groups excluding carboxylic acids is 2. The summed E-state index contributed by atoms with van der Waals surface area (Å²) in [6, 6.07) is 1.77. The molecule has 0 saturated heterocycles. The summed E-state index contributed by atoms with van der Waals surface area (Å²) in [5.74, 6) is 0.168. The van der Waals surface area contributed by atoms with Crippen molar-refractivity contribution < 1.29 is 14.3 Å². The molecule has 0 saturated carbocycles. The van der Waals surface area contributed by atoms with E-state index in [1.54, 1.807) is 19.2 Å². The average molecular weight is 252 g/mol.